The van der Waals surface area contributed by atoms with E-state index in [0.29, 0.717) is 0 Å². The largest absolute Gasteiger partial charge is 0.497 e. The third kappa shape index (κ3) is 1.77. The zero-order chi connectivity index (χ0) is 15.5. The maximum absolute atomic E-state index is 5.36. The standard InChI is InChI=1S/C20H17BrO/c1-20(2)17-9-4-12-10-14(22-3)6-8-15(12)19(17)16-7-5-13(21)11-18(16)20/h4-11H,1-3H3. The number of methoxy groups -OCH3 is 1. The van der Waals surface area contributed by atoms with E-state index in [4.69, 9.17) is 4.74 Å². The maximum Gasteiger partial charge on any atom is 0.119 e. The van der Waals surface area contributed by atoms with E-state index in [1.807, 2.05) is 6.07 Å². The van der Waals surface area contributed by atoms with Crippen molar-refractivity contribution in [1.82, 2.24) is 0 Å². The number of hydrogen-bond acceptors (Lipinski definition) is 1. The van der Waals surface area contributed by atoms with Crippen LogP contribution >= 0.6 is 15.9 Å². The zero-order valence-corrected chi connectivity index (χ0v) is 14.5. The van der Waals surface area contributed by atoms with Gasteiger partial charge in [0, 0.05) is 9.89 Å². The van der Waals surface area contributed by atoms with Gasteiger partial charge in [-0.15, -0.1) is 0 Å². The molecule has 0 N–H and O–H groups in total. The molecule has 0 heterocycles. The zero-order valence-electron chi connectivity index (χ0n) is 12.9. The normalized spacial score (nSPS) is 14.7. The maximum atomic E-state index is 5.36. The molecule has 1 nitrogen and oxygen atoms in total. The fourth-order valence-electron chi connectivity index (χ4n) is 3.64. The van der Waals surface area contributed by atoms with Gasteiger partial charge in [-0.25, -0.2) is 0 Å². The lowest BCUT2D eigenvalue weighted by Crippen LogP contribution is -2.14. The van der Waals surface area contributed by atoms with Crippen LogP contribution in [-0.2, 0) is 5.41 Å². The van der Waals surface area contributed by atoms with E-state index < -0.39 is 0 Å². The van der Waals surface area contributed by atoms with Crippen molar-refractivity contribution in [2.24, 2.45) is 0 Å². The van der Waals surface area contributed by atoms with Gasteiger partial charge in [0.1, 0.15) is 5.75 Å². The molecule has 0 radical (unpaired) electrons. The molecule has 0 amide bonds. The summed E-state index contributed by atoms with van der Waals surface area (Å²) in [6.45, 7) is 4.61. The highest BCUT2D eigenvalue weighted by Gasteiger charge is 2.36. The highest BCUT2D eigenvalue weighted by atomic mass is 79.9. The number of fused-ring (bicyclic) bond motifs is 5. The molecule has 2 heteroatoms. The van der Waals surface area contributed by atoms with Crippen molar-refractivity contribution in [3.05, 3.63) is 64.1 Å². The van der Waals surface area contributed by atoms with Gasteiger partial charge in [0.25, 0.3) is 0 Å². The first kappa shape index (κ1) is 13.8. The van der Waals surface area contributed by atoms with E-state index in [2.05, 4.69) is 72.2 Å². The summed E-state index contributed by atoms with van der Waals surface area (Å²) in [4.78, 5) is 0. The van der Waals surface area contributed by atoms with E-state index in [1.165, 1.54) is 33.0 Å². The molecule has 0 atom stereocenters. The first-order valence-electron chi connectivity index (χ1n) is 7.44. The Hall–Kier alpha value is -1.80. The second-order valence-corrected chi connectivity index (χ2v) is 7.31. The number of rotatable bonds is 1. The Balaban J connectivity index is 2.11. The van der Waals surface area contributed by atoms with Crippen molar-refractivity contribution < 1.29 is 4.74 Å². The van der Waals surface area contributed by atoms with Gasteiger partial charge in [0.2, 0.25) is 0 Å². The van der Waals surface area contributed by atoms with Crippen molar-refractivity contribution >= 4 is 26.7 Å². The van der Waals surface area contributed by atoms with Gasteiger partial charge in [0.15, 0.2) is 0 Å². The van der Waals surface area contributed by atoms with E-state index in [9.17, 15) is 0 Å². The Morgan fingerprint density at radius 3 is 2.50 bits per heavy atom. The first-order valence-corrected chi connectivity index (χ1v) is 8.23. The van der Waals surface area contributed by atoms with Crippen LogP contribution in [0.5, 0.6) is 5.75 Å². The SMILES string of the molecule is COc1ccc2c3c(ccc2c1)C(C)(C)c1cc(Br)ccc1-3. The van der Waals surface area contributed by atoms with Crippen LogP contribution in [0.1, 0.15) is 25.0 Å². The molecule has 0 saturated heterocycles. The van der Waals surface area contributed by atoms with Crippen molar-refractivity contribution in [2.45, 2.75) is 19.3 Å². The number of ether oxygens (including phenoxy) is 1. The Kier molecular flexibility index (Phi) is 2.89. The lowest BCUT2D eigenvalue weighted by atomic mass is 9.82. The highest BCUT2D eigenvalue weighted by molar-refractivity contribution is 9.10. The highest BCUT2D eigenvalue weighted by Crippen LogP contribution is 2.51. The van der Waals surface area contributed by atoms with Crippen LogP contribution < -0.4 is 4.74 Å². The lowest BCUT2D eigenvalue weighted by molar-refractivity contribution is 0.415. The number of hydrogen-bond donors (Lipinski definition) is 0. The van der Waals surface area contributed by atoms with Crippen LogP contribution in [0, 0.1) is 0 Å². The van der Waals surface area contributed by atoms with Crippen molar-refractivity contribution in [3.63, 3.8) is 0 Å². The minimum absolute atomic E-state index is 0.0303. The number of halogens is 1. The summed E-state index contributed by atoms with van der Waals surface area (Å²) in [6.07, 6.45) is 0. The predicted molar refractivity (Wildman–Crippen MR) is 95.8 cm³/mol. The summed E-state index contributed by atoms with van der Waals surface area (Å²) in [7, 11) is 1.71. The third-order valence-corrected chi connectivity index (χ3v) is 5.32. The van der Waals surface area contributed by atoms with E-state index >= 15 is 0 Å². The van der Waals surface area contributed by atoms with E-state index in [0.717, 1.165) is 10.2 Å². The van der Waals surface area contributed by atoms with Crippen LogP contribution in [0.15, 0.2) is 53.0 Å². The van der Waals surface area contributed by atoms with Crippen molar-refractivity contribution in [1.29, 1.82) is 0 Å². The average molecular weight is 353 g/mol. The van der Waals surface area contributed by atoms with Gasteiger partial charge >= 0.3 is 0 Å². The van der Waals surface area contributed by atoms with E-state index in [1.54, 1.807) is 7.11 Å². The molecule has 0 unspecified atom stereocenters. The van der Waals surface area contributed by atoms with Crippen molar-refractivity contribution in [3.8, 4) is 16.9 Å². The van der Waals surface area contributed by atoms with Gasteiger partial charge < -0.3 is 4.74 Å². The molecule has 0 fully saturated rings. The Bertz CT molecular complexity index is 909. The molecule has 110 valence electrons. The van der Waals surface area contributed by atoms with Gasteiger partial charge in [0.05, 0.1) is 7.11 Å². The summed E-state index contributed by atoms with van der Waals surface area (Å²) < 4.78 is 6.50. The molecule has 1 aliphatic carbocycles. The molecule has 0 saturated carbocycles. The Morgan fingerprint density at radius 1 is 0.909 bits per heavy atom. The van der Waals surface area contributed by atoms with Gasteiger partial charge in [-0.3, -0.25) is 0 Å². The smallest absolute Gasteiger partial charge is 0.119 e. The van der Waals surface area contributed by atoms with Crippen molar-refractivity contribution in [2.75, 3.05) is 7.11 Å². The van der Waals surface area contributed by atoms with Gasteiger partial charge in [-0.1, -0.05) is 54.0 Å². The fourth-order valence-corrected chi connectivity index (χ4v) is 4.00. The molecule has 0 aromatic heterocycles. The molecule has 1 aliphatic rings. The first-order chi connectivity index (χ1) is 10.5. The summed E-state index contributed by atoms with van der Waals surface area (Å²) in [5.74, 6) is 0.903. The second kappa shape index (κ2) is 4.60. The average Bonchev–Trinajstić information content (AvgIpc) is 2.75. The monoisotopic (exact) mass is 352 g/mol. The summed E-state index contributed by atoms with van der Waals surface area (Å²) >= 11 is 3.61. The van der Waals surface area contributed by atoms with Crippen LogP contribution in [0.4, 0.5) is 0 Å². The van der Waals surface area contributed by atoms with Gasteiger partial charge in [-0.05, 0) is 57.3 Å². The molecule has 22 heavy (non-hydrogen) atoms. The molecule has 3 aromatic carbocycles. The molecule has 4 rings (SSSR count). The fraction of sp³-hybridized carbons (Fsp3) is 0.200. The minimum Gasteiger partial charge on any atom is -0.497 e. The molecule has 0 spiro atoms. The summed E-state index contributed by atoms with van der Waals surface area (Å²) in [5.41, 5.74) is 5.54. The molecule has 0 aliphatic heterocycles. The minimum atomic E-state index is 0.0303. The van der Waals surface area contributed by atoms with Gasteiger partial charge in [-0.2, -0.15) is 0 Å². The second-order valence-electron chi connectivity index (χ2n) is 6.39. The Labute approximate surface area is 139 Å². The predicted octanol–water partition coefficient (Wildman–Crippen LogP) is 5.92. The molecule has 3 aromatic rings. The molecular weight excluding hydrogens is 336 g/mol. The molecule has 0 bridgehead atoms. The van der Waals surface area contributed by atoms with Crippen LogP contribution in [0.2, 0.25) is 0 Å². The lowest BCUT2D eigenvalue weighted by Gasteiger charge is -2.21. The quantitative estimate of drug-likeness (QED) is 0.528. The van der Waals surface area contributed by atoms with Crippen LogP contribution in [0.3, 0.4) is 0 Å². The summed E-state index contributed by atoms with van der Waals surface area (Å²) in [5, 5.41) is 2.53. The third-order valence-electron chi connectivity index (χ3n) is 4.82. The topological polar surface area (TPSA) is 9.23 Å². The Morgan fingerprint density at radius 2 is 1.73 bits per heavy atom. The number of benzene rings is 3. The molecular formula is C20H17BrO. The van der Waals surface area contributed by atoms with Crippen LogP contribution in [-0.4, -0.2) is 7.11 Å². The summed E-state index contributed by atoms with van der Waals surface area (Å²) in [6, 6.07) is 17.4. The van der Waals surface area contributed by atoms with Crippen LogP contribution in [0.25, 0.3) is 21.9 Å². The van der Waals surface area contributed by atoms with E-state index in [-0.39, 0.29) is 5.41 Å².